The van der Waals surface area contributed by atoms with Gasteiger partial charge in [-0.3, -0.25) is 0 Å². The zero-order chi connectivity index (χ0) is 25.1. The van der Waals surface area contributed by atoms with E-state index < -0.39 is 0 Å². The third kappa shape index (κ3) is 3.31. The molecule has 0 unspecified atom stereocenters. The number of aromatic nitrogens is 1. The lowest BCUT2D eigenvalue weighted by molar-refractivity contribution is 1.55. The number of H-pyrrole nitrogens is 1. The second kappa shape index (κ2) is 8.44. The molecule has 0 aliphatic heterocycles. The summed E-state index contributed by atoms with van der Waals surface area (Å²) in [6, 6.07) is 48.4. The molecule has 8 rings (SSSR count). The van der Waals surface area contributed by atoms with Crippen molar-refractivity contribution >= 4 is 53.3 Å². The number of rotatable bonds is 3. The van der Waals surface area contributed by atoms with E-state index in [0.29, 0.717) is 0 Å². The standard InChI is InChI=1S/C36H23NS/c1-2-8-23(9-3-1)24-16-18-25(19-17-24)27-11-6-13-30-31-14-7-12-28(36(31)38-35(27)30)26-20-21-34-32(22-26)29-10-4-5-15-33(29)37-34/h1-22,37H. The van der Waals surface area contributed by atoms with Gasteiger partial charge in [0.05, 0.1) is 0 Å². The van der Waals surface area contributed by atoms with Crippen LogP contribution in [0.5, 0.6) is 0 Å². The van der Waals surface area contributed by atoms with Gasteiger partial charge in [-0.25, -0.2) is 0 Å². The highest BCUT2D eigenvalue weighted by molar-refractivity contribution is 7.26. The van der Waals surface area contributed by atoms with Gasteiger partial charge in [-0.05, 0) is 51.6 Å². The molecule has 0 aliphatic rings. The van der Waals surface area contributed by atoms with Crippen molar-refractivity contribution in [3.8, 4) is 33.4 Å². The summed E-state index contributed by atoms with van der Waals surface area (Å²) in [5.41, 5.74) is 9.95. The van der Waals surface area contributed by atoms with Gasteiger partial charge in [0.1, 0.15) is 0 Å². The van der Waals surface area contributed by atoms with Crippen molar-refractivity contribution in [1.82, 2.24) is 4.98 Å². The van der Waals surface area contributed by atoms with Crippen molar-refractivity contribution in [2.24, 2.45) is 0 Å². The molecule has 2 aromatic heterocycles. The zero-order valence-electron chi connectivity index (χ0n) is 20.6. The Morgan fingerprint density at radius 1 is 0.368 bits per heavy atom. The summed E-state index contributed by atoms with van der Waals surface area (Å²) in [5, 5.41) is 5.19. The molecule has 0 aliphatic carbocycles. The molecule has 0 radical (unpaired) electrons. The van der Waals surface area contributed by atoms with E-state index >= 15 is 0 Å². The normalized spacial score (nSPS) is 11.7. The molecule has 0 atom stereocenters. The predicted molar refractivity (Wildman–Crippen MR) is 165 cm³/mol. The van der Waals surface area contributed by atoms with Crippen molar-refractivity contribution in [1.29, 1.82) is 0 Å². The van der Waals surface area contributed by atoms with Gasteiger partial charge in [-0.15, -0.1) is 11.3 Å². The minimum atomic E-state index is 1.18. The number of aromatic amines is 1. The molecule has 0 amide bonds. The number of benzene rings is 6. The second-order valence-electron chi connectivity index (χ2n) is 9.84. The molecular weight excluding hydrogens is 478 g/mol. The quantitative estimate of drug-likeness (QED) is 0.248. The molecule has 0 saturated heterocycles. The monoisotopic (exact) mass is 501 g/mol. The van der Waals surface area contributed by atoms with Crippen LogP contribution in [0.4, 0.5) is 0 Å². The first-order chi connectivity index (χ1) is 18.8. The van der Waals surface area contributed by atoms with Gasteiger partial charge in [0.25, 0.3) is 0 Å². The van der Waals surface area contributed by atoms with Crippen LogP contribution in [0.15, 0.2) is 133 Å². The maximum atomic E-state index is 3.56. The Kier molecular flexibility index (Phi) is 4.76. The van der Waals surface area contributed by atoms with Crippen LogP contribution in [0, 0.1) is 0 Å². The average molecular weight is 502 g/mol. The summed E-state index contributed by atoms with van der Waals surface area (Å²) in [6.45, 7) is 0. The lowest BCUT2D eigenvalue weighted by atomic mass is 9.98. The van der Waals surface area contributed by atoms with E-state index in [1.807, 2.05) is 11.3 Å². The average Bonchev–Trinajstić information content (AvgIpc) is 3.56. The number of fused-ring (bicyclic) bond motifs is 6. The molecule has 1 N–H and O–H groups in total. The topological polar surface area (TPSA) is 15.8 Å². The maximum Gasteiger partial charge on any atom is 0.0465 e. The van der Waals surface area contributed by atoms with Crippen molar-refractivity contribution in [3.63, 3.8) is 0 Å². The number of para-hydroxylation sites is 1. The Morgan fingerprint density at radius 3 is 1.68 bits per heavy atom. The van der Waals surface area contributed by atoms with Gasteiger partial charge in [0.2, 0.25) is 0 Å². The largest absolute Gasteiger partial charge is 0.355 e. The summed E-state index contributed by atoms with van der Waals surface area (Å²) in [4.78, 5) is 3.56. The first-order valence-electron chi connectivity index (χ1n) is 12.9. The fraction of sp³-hybridized carbons (Fsp3) is 0. The Morgan fingerprint density at radius 2 is 0.921 bits per heavy atom. The Hall–Kier alpha value is -4.66. The van der Waals surface area contributed by atoms with E-state index in [-0.39, 0.29) is 0 Å². The fourth-order valence-electron chi connectivity index (χ4n) is 5.76. The van der Waals surface area contributed by atoms with Gasteiger partial charge in [0.15, 0.2) is 0 Å². The Bertz CT molecular complexity index is 2110. The number of nitrogens with one attached hydrogen (secondary N) is 1. The maximum absolute atomic E-state index is 3.56. The van der Waals surface area contributed by atoms with Crippen LogP contribution < -0.4 is 0 Å². The van der Waals surface area contributed by atoms with Gasteiger partial charge >= 0.3 is 0 Å². The SMILES string of the molecule is c1ccc(-c2ccc(-c3cccc4c3sc3c(-c5ccc6[nH]c7ccccc7c6c5)cccc34)cc2)cc1. The minimum Gasteiger partial charge on any atom is -0.355 e. The number of thiophene rings is 1. The minimum absolute atomic E-state index is 1.18. The molecule has 178 valence electrons. The Balaban J connectivity index is 1.29. The van der Waals surface area contributed by atoms with Crippen LogP contribution in [-0.2, 0) is 0 Å². The summed E-state index contributed by atoms with van der Waals surface area (Å²) in [7, 11) is 0. The molecule has 8 aromatic rings. The zero-order valence-corrected chi connectivity index (χ0v) is 21.4. The summed E-state index contributed by atoms with van der Waals surface area (Å²) >= 11 is 1.91. The van der Waals surface area contributed by atoms with E-state index in [0.717, 1.165) is 0 Å². The fourth-order valence-corrected chi connectivity index (χ4v) is 7.14. The highest BCUT2D eigenvalue weighted by Gasteiger charge is 2.15. The lowest BCUT2D eigenvalue weighted by Gasteiger charge is -2.06. The van der Waals surface area contributed by atoms with Crippen molar-refractivity contribution < 1.29 is 0 Å². The van der Waals surface area contributed by atoms with Crippen molar-refractivity contribution in [2.75, 3.05) is 0 Å². The smallest absolute Gasteiger partial charge is 0.0465 e. The summed E-state index contributed by atoms with van der Waals surface area (Å²) < 4.78 is 2.69. The molecule has 1 nitrogen and oxygen atoms in total. The van der Waals surface area contributed by atoms with Crippen LogP contribution in [0.3, 0.4) is 0 Å². The molecule has 0 spiro atoms. The highest BCUT2D eigenvalue weighted by atomic mass is 32.1. The van der Waals surface area contributed by atoms with E-state index in [1.165, 1.54) is 75.4 Å². The summed E-state index contributed by atoms with van der Waals surface area (Å²) in [5.74, 6) is 0. The molecule has 6 aromatic carbocycles. The first kappa shape index (κ1) is 21.4. The Labute approximate surface area is 224 Å². The third-order valence-electron chi connectivity index (χ3n) is 7.64. The van der Waals surface area contributed by atoms with E-state index in [9.17, 15) is 0 Å². The first-order valence-corrected chi connectivity index (χ1v) is 13.8. The lowest BCUT2D eigenvalue weighted by Crippen LogP contribution is -1.80. The molecular formula is C36H23NS. The van der Waals surface area contributed by atoms with E-state index in [1.54, 1.807) is 0 Å². The van der Waals surface area contributed by atoms with E-state index in [4.69, 9.17) is 0 Å². The van der Waals surface area contributed by atoms with Gasteiger partial charge < -0.3 is 4.98 Å². The van der Waals surface area contributed by atoms with Crippen LogP contribution >= 0.6 is 11.3 Å². The van der Waals surface area contributed by atoms with Crippen molar-refractivity contribution in [2.45, 2.75) is 0 Å². The molecule has 2 heterocycles. The van der Waals surface area contributed by atoms with Crippen molar-refractivity contribution in [3.05, 3.63) is 133 Å². The molecule has 0 fully saturated rings. The van der Waals surface area contributed by atoms with Gasteiger partial charge in [-0.1, -0.05) is 115 Å². The molecule has 38 heavy (non-hydrogen) atoms. The van der Waals surface area contributed by atoms with Gasteiger partial charge in [-0.2, -0.15) is 0 Å². The van der Waals surface area contributed by atoms with E-state index in [2.05, 4.69) is 138 Å². The van der Waals surface area contributed by atoms with Crippen LogP contribution in [0.1, 0.15) is 0 Å². The van der Waals surface area contributed by atoms with Crippen LogP contribution in [-0.4, -0.2) is 4.98 Å². The predicted octanol–water partition coefficient (Wildman–Crippen LogP) is 10.7. The highest BCUT2D eigenvalue weighted by Crippen LogP contribution is 2.44. The van der Waals surface area contributed by atoms with Crippen LogP contribution in [0.2, 0.25) is 0 Å². The third-order valence-corrected chi connectivity index (χ3v) is 8.93. The molecule has 0 bridgehead atoms. The van der Waals surface area contributed by atoms with Crippen LogP contribution in [0.25, 0.3) is 75.4 Å². The second-order valence-corrected chi connectivity index (χ2v) is 10.9. The number of hydrogen-bond donors (Lipinski definition) is 1. The molecule has 2 heteroatoms. The summed E-state index contributed by atoms with van der Waals surface area (Å²) in [6.07, 6.45) is 0. The van der Waals surface area contributed by atoms with Gasteiger partial charge in [0, 0.05) is 42.0 Å². The number of hydrogen-bond acceptors (Lipinski definition) is 1. The molecule has 0 saturated carbocycles.